The minimum absolute atomic E-state index is 0.0621. The van der Waals surface area contributed by atoms with Crippen LogP contribution in [-0.4, -0.2) is 48.2 Å². The molecule has 0 aromatic rings. The Hall–Kier alpha value is -1.10. The van der Waals surface area contributed by atoms with Crippen LogP contribution in [0.25, 0.3) is 0 Å². The molecule has 1 N–H and O–H groups in total. The predicted molar refractivity (Wildman–Crippen MR) is 76.5 cm³/mol. The van der Waals surface area contributed by atoms with Crippen LogP contribution in [-0.2, 0) is 14.3 Å². The van der Waals surface area contributed by atoms with E-state index in [2.05, 4.69) is 0 Å². The summed E-state index contributed by atoms with van der Waals surface area (Å²) >= 11 is 0. The Bertz CT molecular complexity index is 335. The molecule has 0 aromatic carbocycles. The van der Waals surface area contributed by atoms with Crippen LogP contribution >= 0.6 is 0 Å². The summed E-state index contributed by atoms with van der Waals surface area (Å²) in [6.07, 6.45) is 4.22. The molecule has 1 saturated carbocycles. The Morgan fingerprint density at radius 1 is 1.25 bits per heavy atom. The number of hydrogen-bond acceptors (Lipinski definition) is 3. The van der Waals surface area contributed by atoms with Crippen molar-refractivity contribution in [3.8, 4) is 0 Å². The number of aliphatic carboxylic acids is 1. The Morgan fingerprint density at radius 2 is 1.85 bits per heavy atom. The first kappa shape index (κ1) is 17.0. The average molecular weight is 285 g/mol. The molecule has 0 spiro atoms. The fraction of sp³-hybridized carbons (Fsp3) is 0.867. The number of methoxy groups -OCH3 is 1. The second-order valence-electron chi connectivity index (χ2n) is 6.00. The van der Waals surface area contributed by atoms with Gasteiger partial charge in [-0.15, -0.1) is 0 Å². The molecular weight excluding hydrogens is 258 g/mol. The summed E-state index contributed by atoms with van der Waals surface area (Å²) in [4.78, 5) is 25.8. The highest BCUT2D eigenvalue weighted by atomic mass is 16.5. The summed E-state index contributed by atoms with van der Waals surface area (Å²) in [5.74, 6) is -0.887. The highest BCUT2D eigenvalue weighted by Crippen LogP contribution is 2.40. The second-order valence-corrected chi connectivity index (χ2v) is 6.00. The zero-order valence-electron chi connectivity index (χ0n) is 12.9. The molecule has 20 heavy (non-hydrogen) atoms. The maximum absolute atomic E-state index is 12.5. The monoisotopic (exact) mass is 285 g/mol. The third kappa shape index (κ3) is 4.20. The van der Waals surface area contributed by atoms with Crippen molar-refractivity contribution in [1.29, 1.82) is 0 Å². The molecule has 0 heterocycles. The zero-order valence-corrected chi connectivity index (χ0v) is 12.9. The van der Waals surface area contributed by atoms with Crippen LogP contribution in [0.15, 0.2) is 0 Å². The number of hydrogen-bond donors (Lipinski definition) is 1. The van der Waals surface area contributed by atoms with Gasteiger partial charge < -0.3 is 14.7 Å². The fourth-order valence-corrected chi connectivity index (χ4v) is 2.95. The molecule has 0 radical (unpaired) electrons. The molecule has 1 aliphatic carbocycles. The summed E-state index contributed by atoms with van der Waals surface area (Å²) in [6.45, 7) is 4.89. The van der Waals surface area contributed by atoms with E-state index in [4.69, 9.17) is 4.74 Å². The SMILES string of the molecule is COCCN(C(=O)CC1(C(=O)O)CCCCC1)C(C)C. The standard InChI is InChI=1S/C15H27NO4/c1-12(2)16(9-10-20-3)13(17)11-15(14(18)19)7-5-4-6-8-15/h12H,4-11H2,1-3H3,(H,18,19). The molecule has 116 valence electrons. The number of carbonyl (C=O) groups excluding carboxylic acids is 1. The van der Waals surface area contributed by atoms with E-state index in [0.29, 0.717) is 26.0 Å². The van der Waals surface area contributed by atoms with Gasteiger partial charge in [0.2, 0.25) is 5.91 Å². The van der Waals surface area contributed by atoms with Crippen molar-refractivity contribution in [3.63, 3.8) is 0 Å². The number of carboxylic acids is 1. The zero-order chi connectivity index (χ0) is 15.2. The second kappa shape index (κ2) is 7.62. The number of carbonyl (C=O) groups is 2. The van der Waals surface area contributed by atoms with Gasteiger partial charge in [0.1, 0.15) is 0 Å². The van der Waals surface area contributed by atoms with E-state index < -0.39 is 11.4 Å². The minimum Gasteiger partial charge on any atom is -0.481 e. The molecule has 0 bridgehead atoms. The molecule has 5 heteroatoms. The van der Waals surface area contributed by atoms with Crippen LogP contribution in [0.4, 0.5) is 0 Å². The molecule has 0 atom stereocenters. The molecule has 1 fully saturated rings. The lowest BCUT2D eigenvalue weighted by atomic mass is 9.71. The molecule has 0 aromatic heterocycles. The number of nitrogens with zero attached hydrogens (tertiary/aromatic N) is 1. The van der Waals surface area contributed by atoms with Crippen molar-refractivity contribution in [2.75, 3.05) is 20.3 Å². The largest absolute Gasteiger partial charge is 0.481 e. The number of carboxylic acid groups (broad SMARTS) is 1. The van der Waals surface area contributed by atoms with Gasteiger partial charge in [-0.25, -0.2) is 0 Å². The van der Waals surface area contributed by atoms with Crippen molar-refractivity contribution in [2.24, 2.45) is 5.41 Å². The molecule has 0 aliphatic heterocycles. The normalized spacial score (nSPS) is 18.0. The highest BCUT2D eigenvalue weighted by molar-refractivity contribution is 5.85. The average Bonchev–Trinajstić information content (AvgIpc) is 2.39. The summed E-state index contributed by atoms with van der Waals surface area (Å²) in [5, 5.41) is 9.54. The Balaban J connectivity index is 2.75. The predicted octanol–water partition coefficient (Wildman–Crippen LogP) is 2.29. The van der Waals surface area contributed by atoms with Gasteiger partial charge >= 0.3 is 5.97 Å². The van der Waals surface area contributed by atoms with E-state index in [0.717, 1.165) is 19.3 Å². The summed E-state index contributed by atoms with van der Waals surface area (Å²) < 4.78 is 5.03. The van der Waals surface area contributed by atoms with Gasteiger partial charge in [-0.3, -0.25) is 9.59 Å². The fourth-order valence-electron chi connectivity index (χ4n) is 2.95. The van der Waals surface area contributed by atoms with Crippen molar-refractivity contribution < 1.29 is 19.4 Å². The maximum Gasteiger partial charge on any atom is 0.310 e. The molecule has 1 rings (SSSR count). The first-order valence-corrected chi connectivity index (χ1v) is 7.45. The van der Waals surface area contributed by atoms with E-state index >= 15 is 0 Å². The van der Waals surface area contributed by atoms with Gasteiger partial charge in [-0.05, 0) is 26.7 Å². The van der Waals surface area contributed by atoms with Crippen molar-refractivity contribution in [2.45, 2.75) is 58.4 Å². The van der Waals surface area contributed by atoms with Crippen LogP contribution in [0.3, 0.4) is 0 Å². The van der Waals surface area contributed by atoms with E-state index in [-0.39, 0.29) is 18.4 Å². The van der Waals surface area contributed by atoms with Gasteiger partial charge in [0.15, 0.2) is 0 Å². The number of ether oxygens (including phenoxy) is 1. The topological polar surface area (TPSA) is 66.8 Å². The van der Waals surface area contributed by atoms with Crippen LogP contribution in [0.2, 0.25) is 0 Å². The van der Waals surface area contributed by atoms with Crippen molar-refractivity contribution in [3.05, 3.63) is 0 Å². The highest BCUT2D eigenvalue weighted by Gasteiger charge is 2.42. The Kier molecular flexibility index (Phi) is 6.46. The lowest BCUT2D eigenvalue weighted by molar-refractivity contribution is -0.156. The van der Waals surface area contributed by atoms with E-state index in [9.17, 15) is 14.7 Å². The molecule has 0 saturated heterocycles. The third-order valence-corrected chi connectivity index (χ3v) is 4.23. The molecule has 1 aliphatic rings. The summed E-state index contributed by atoms with van der Waals surface area (Å²) in [5.41, 5.74) is -0.852. The van der Waals surface area contributed by atoms with Crippen LogP contribution < -0.4 is 0 Å². The first-order chi connectivity index (χ1) is 9.43. The third-order valence-electron chi connectivity index (χ3n) is 4.23. The van der Waals surface area contributed by atoms with Gasteiger partial charge in [-0.1, -0.05) is 19.3 Å². The molecular formula is C15H27NO4. The van der Waals surface area contributed by atoms with E-state index in [1.165, 1.54) is 0 Å². The van der Waals surface area contributed by atoms with Crippen LogP contribution in [0, 0.1) is 5.41 Å². The molecule has 1 amide bonds. The van der Waals surface area contributed by atoms with Crippen molar-refractivity contribution >= 4 is 11.9 Å². The number of rotatable bonds is 7. The van der Waals surface area contributed by atoms with E-state index in [1.807, 2.05) is 13.8 Å². The van der Waals surface area contributed by atoms with Crippen molar-refractivity contribution in [1.82, 2.24) is 4.90 Å². The molecule has 5 nitrogen and oxygen atoms in total. The first-order valence-electron chi connectivity index (χ1n) is 7.45. The molecule has 0 unspecified atom stereocenters. The van der Waals surface area contributed by atoms with E-state index in [1.54, 1.807) is 12.0 Å². The lowest BCUT2D eigenvalue weighted by Crippen LogP contribution is -2.44. The Labute approximate surface area is 121 Å². The Morgan fingerprint density at radius 3 is 2.30 bits per heavy atom. The quantitative estimate of drug-likeness (QED) is 0.779. The maximum atomic E-state index is 12.5. The van der Waals surface area contributed by atoms with Gasteiger partial charge in [0.25, 0.3) is 0 Å². The lowest BCUT2D eigenvalue weighted by Gasteiger charge is -2.35. The van der Waals surface area contributed by atoms with Gasteiger partial charge in [0.05, 0.1) is 12.0 Å². The van der Waals surface area contributed by atoms with Crippen LogP contribution in [0.1, 0.15) is 52.4 Å². The minimum atomic E-state index is -0.852. The van der Waals surface area contributed by atoms with Gasteiger partial charge in [0, 0.05) is 26.1 Å². The number of amides is 1. The van der Waals surface area contributed by atoms with Crippen LogP contribution in [0.5, 0.6) is 0 Å². The van der Waals surface area contributed by atoms with Gasteiger partial charge in [-0.2, -0.15) is 0 Å². The smallest absolute Gasteiger partial charge is 0.310 e. The summed E-state index contributed by atoms with van der Waals surface area (Å²) in [6, 6.07) is 0.0621. The summed E-state index contributed by atoms with van der Waals surface area (Å²) in [7, 11) is 1.60.